The fourth-order valence-corrected chi connectivity index (χ4v) is 4.40. The van der Waals surface area contributed by atoms with Crippen molar-refractivity contribution < 1.29 is 28.6 Å². The number of hydrogen-bond donors (Lipinski definition) is 2. The van der Waals surface area contributed by atoms with Crippen molar-refractivity contribution in [2.24, 2.45) is 0 Å². The first-order valence-corrected chi connectivity index (χ1v) is 8.53. The first-order chi connectivity index (χ1) is 10.9. The molecule has 0 aliphatic heterocycles. The van der Waals surface area contributed by atoms with E-state index < -0.39 is 37.7 Å². The number of methoxy groups -OCH3 is 2. The van der Waals surface area contributed by atoms with E-state index in [2.05, 4.69) is 5.32 Å². The van der Waals surface area contributed by atoms with Crippen LogP contribution < -0.4 is 14.8 Å². The normalized spacial score (nSPS) is 15.3. The second kappa shape index (κ2) is 5.54. The Bertz CT molecular complexity index is 812. The first-order valence-electron chi connectivity index (χ1n) is 6.82. The SMILES string of the molecule is COc1cc2[se]c(C(=O)NC3(C(=O)O)CC3)c(F)c2cc1OC. The number of carbonyl (C=O) groups is 2. The number of fused-ring (bicyclic) bond motifs is 1. The molecule has 0 radical (unpaired) electrons. The zero-order valence-corrected chi connectivity index (χ0v) is 14.1. The average molecular weight is 386 g/mol. The van der Waals surface area contributed by atoms with Crippen molar-refractivity contribution in [3.63, 3.8) is 0 Å². The van der Waals surface area contributed by atoms with Crippen LogP contribution in [0.25, 0.3) is 9.65 Å². The van der Waals surface area contributed by atoms with Gasteiger partial charge < -0.3 is 0 Å². The van der Waals surface area contributed by atoms with Crippen molar-refractivity contribution in [2.45, 2.75) is 18.4 Å². The van der Waals surface area contributed by atoms with Crippen molar-refractivity contribution in [3.05, 3.63) is 22.4 Å². The predicted molar refractivity (Wildman–Crippen MR) is 81.0 cm³/mol. The fourth-order valence-electron chi connectivity index (χ4n) is 2.33. The van der Waals surface area contributed by atoms with Gasteiger partial charge >= 0.3 is 136 Å². The van der Waals surface area contributed by atoms with Gasteiger partial charge in [0, 0.05) is 0 Å². The summed E-state index contributed by atoms with van der Waals surface area (Å²) < 4.78 is 25.6. The molecule has 0 unspecified atom stereocenters. The zero-order chi connectivity index (χ0) is 16.8. The van der Waals surface area contributed by atoms with Gasteiger partial charge in [0.05, 0.1) is 0 Å². The van der Waals surface area contributed by atoms with E-state index in [-0.39, 0.29) is 4.44 Å². The number of carboxylic acid groups (broad SMARTS) is 1. The van der Waals surface area contributed by atoms with Crippen LogP contribution in [0.5, 0.6) is 11.5 Å². The minimum absolute atomic E-state index is 0.00432. The van der Waals surface area contributed by atoms with Gasteiger partial charge in [0.25, 0.3) is 0 Å². The van der Waals surface area contributed by atoms with Gasteiger partial charge in [-0.1, -0.05) is 0 Å². The second-order valence-corrected chi connectivity index (χ2v) is 7.50. The minimum atomic E-state index is -1.23. The molecule has 3 rings (SSSR count). The predicted octanol–water partition coefficient (Wildman–Crippen LogP) is 1.40. The van der Waals surface area contributed by atoms with Crippen LogP contribution in [0.2, 0.25) is 0 Å². The Balaban J connectivity index is 2.00. The number of aliphatic carboxylic acids is 1. The molecule has 1 heterocycles. The van der Waals surface area contributed by atoms with Crippen LogP contribution in [-0.4, -0.2) is 51.2 Å². The van der Waals surface area contributed by atoms with Crippen LogP contribution in [0, 0.1) is 5.82 Å². The maximum atomic E-state index is 14.6. The van der Waals surface area contributed by atoms with Crippen LogP contribution in [-0.2, 0) is 4.79 Å². The Morgan fingerprint density at radius 3 is 2.39 bits per heavy atom. The van der Waals surface area contributed by atoms with Gasteiger partial charge in [0.15, 0.2) is 0 Å². The van der Waals surface area contributed by atoms with Gasteiger partial charge in [0.2, 0.25) is 0 Å². The molecule has 2 aromatic rings. The molecule has 23 heavy (non-hydrogen) atoms. The topological polar surface area (TPSA) is 84.9 Å². The number of hydrogen-bond acceptors (Lipinski definition) is 4. The van der Waals surface area contributed by atoms with E-state index in [4.69, 9.17) is 14.6 Å². The molecule has 1 saturated carbocycles. The third kappa shape index (κ3) is 2.58. The Kier molecular flexibility index (Phi) is 3.82. The molecule has 6 nitrogen and oxygen atoms in total. The van der Waals surface area contributed by atoms with Crippen LogP contribution in [0.3, 0.4) is 0 Å². The molecular formula is C15H14FNO5Se. The van der Waals surface area contributed by atoms with Crippen molar-refractivity contribution in [2.75, 3.05) is 14.2 Å². The van der Waals surface area contributed by atoms with E-state index in [0.717, 1.165) is 0 Å². The monoisotopic (exact) mass is 387 g/mol. The number of nitrogens with one attached hydrogen (secondary N) is 1. The van der Waals surface area contributed by atoms with Crippen LogP contribution in [0.4, 0.5) is 4.39 Å². The quantitative estimate of drug-likeness (QED) is 0.759. The van der Waals surface area contributed by atoms with Gasteiger partial charge in [-0.3, -0.25) is 0 Å². The van der Waals surface area contributed by atoms with E-state index in [9.17, 15) is 14.0 Å². The summed E-state index contributed by atoms with van der Waals surface area (Å²) in [5.41, 5.74) is -1.23. The average Bonchev–Trinajstić information content (AvgIpc) is 3.24. The molecule has 1 aliphatic carbocycles. The van der Waals surface area contributed by atoms with Crippen LogP contribution in [0.1, 0.15) is 22.1 Å². The summed E-state index contributed by atoms with van der Waals surface area (Å²) in [5.74, 6) is -1.52. The molecule has 1 amide bonds. The van der Waals surface area contributed by atoms with E-state index in [0.29, 0.717) is 34.0 Å². The fraction of sp³-hybridized carbons (Fsp3) is 0.333. The number of rotatable bonds is 5. The Morgan fingerprint density at radius 2 is 1.87 bits per heavy atom. The number of amides is 1. The molecule has 0 spiro atoms. The second-order valence-electron chi connectivity index (χ2n) is 5.29. The summed E-state index contributed by atoms with van der Waals surface area (Å²) in [6, 6.07) is 3.15. The molecule has 1 aliphatic rings. The Hall–Kier alpha value is -2.05. The van der Waals surface area contributed by atoms with Crippen molar-refractivity contribution >= 4 is 36.0 Å². The van der Waals surface area contributed by atoms with Gasteiger partial charge in [-0.15, -0.1) is 0 Å². The number of carboxylic acids is 1. The third-order valence-electron chi connectivity index (χ3n) is 3.85. The van der Waals surface area contributed by atoms with Gasteiger partial charge in [-0.2, -0.15) is 0 Å². The Labute approximate surface area is 136 Å². The molecule has 0 saturated heterocycles. The molecule has 0 bridgehead atoms. The van der Waals surface area contributed by atoms with Crippen molar-refractivity contribution in [1.82, 2.24) is 5.32 Å². The number of benzene rings is 1. The van der Waals surface area contributed by atoms with Gasteiger partial charge in [-0.25, -0.2) is 0 Å². The third-order valence-corrected chi connectivity index (χ3v) is 6.22. The molecular weight excluding hydrogens is 372 g/mol. The van der Waals surface area contributed by atoms with E-state index in [1.165, 1.54) is 20.3 Å². The number of carbonyl (C=O) groups excluding carboxylic acids is 1. The summed E-state index contributed by atoms with van der Waals surface area (Å²) >= 11 is -0.558. The molecule has 1 aromatic carbocycles. The summed E-state index contributed by atoms with van der Waals surface area (Å²) in [5, 5.41) is 11.9. The molecule has 2 N–H and O–H groups in total. The maximum absolute atomic E-state index is 14.6. The summed E-state index contributed by atoms with van der Waals surface area (Å²) in [4.78, 5) is 23.4. The van der Waals surface area contributed by atoms with Crippen molar-refractivity contribution in [3.8, 4) is 11.5 Å². The van der Waals surface area contributed by atoms with Gasteiger partial charge in [0.1, 0.15) is 0 Å². The Morgan fingerprint density at radius 1 is 1.26 bits per heavy atom. The standard InChI is InChI=1S/C15H14FNO5Se/c1-21-8-5-7-10(6-9(8)22-2)23-12(11(7)16)13(18)17-15(3-4-15)14(19)20/h5-6H,3-4H2,1-2H3,(H,17,18)(H,19,20). The molecule has 8 heteroatoms. The molecule has 0 atom stereocenters. The summed E-state index contributed by atoms with van der Waals surface area (Å²) in [6.07, 6.45) is 0.731. The van der Waals surface area contributed by atoms with E-state index >= 15 is 0 Å². The van der Waals surface area contributed by atoms with Gasteiger partial charge in [-0.05, 0) is 0 Å². The van der Waals surface area contributed by atoms with E-state index in [1.807, 2.05) is 0 Å². The summed E-state index contributed by atoms with van der Waals surface area (Å²) in [7, 11) is 2.93. The number of halogens is 1. The van der Waals surface area contributed by atoms with Crippen LogP contribution >= 0.6 is 0 Å². The first kappa shape index (κ1) is 15.8. The molecule has 1 fully saturated rings. The van der Waals surface area contributed by atoms with Crippen LogP contribution in [0.15, 0.2) is 12.1 Å². The van der Waals surface area contributed by atoms with E-state index in [1.54, 1.807) is 6.07 Å². The molecule has 1 aromatic heterocycles. The zero-order valence-electron chi connectivity index (χ0n) is 12.4. The molecule has 122 valence electrons. The number of ether oxygens (including phenoxy) is 2. The summed E-state index contributed by atoms with van der Waals surface area (Å²) in [6.45, 7) is 0. The van der Waals surface area contributed by atoms with Crippen molar-refractivity contribution in [1.29, 1.82) is 0 Å².